The topological polar surface area (TPSA) is 40.7 Å². The fourth-order valence-electron chi connectivity index (χ4n) is 2.60. The van der Waals surface area contributed by atoms with E-state index in [1.54, 1.807) is 0 Å². The van der Waals surface area contributed by atoms with E-state index in [9.17, 15) is 0 Å². The number of aryl methyl sites for hydroxylation is 1. The van der Waals surface area contributed by atoms with Crippen molar-refractivity contribution in [2.75, 3.05) is 5.32 Å². The third kappa shape index (κ3) is 3.37. The zero-order chi connectivity index (χ0) is 13.8. The molecular weight excluding hydrogens is 266 g/mol. The predicted molar refractivity (Wildman–Crippen MR) is 85.2 cm³/mol. The highest BCUT2D eigenvalue weighted by Crippen LogP contribution is 2.34. The Morgan fingerprint density at radius 1 is 1.25 bits per heavy atom. The number of anilines is 1. The molecule has 4 heteroatoms. The van der Waals surface area contributed by atoms with Crippen molar-refractivity contribution in [3.63, 3.8) is 0 Å². The summed E-state index contributed by atoms with van der Waals surface area (Å²) in [5.41, 5.74) is 3.52. The summed E-state index contributed by atoms with van der Waals surface area (Å²) in [6, 6.07) is 8.81. The number of thioether (sulfide) groups is 1. The first-order chi connectivity index (χ1) is 9.81. The number of rotatable bonds is 5. The van der Waals surface area contributed by atoms with Gasteiger partial charge in [0.2, 0.25) is 0 Å². The summed E-state index contributed by atoms with van der Waals surface area (Å²) in [6.45, 7) is 2.86. The Bertz CT molecular complexity index is 541. The van der Waals surface area contributed by atoms with E-state index < -0.39 is 0 Å². The smallest absolute Gasteiger partial charge is 0.0539 e. The molecular formula is C16H21N3S. The summed E-state index contributed by atoms with van der Waals surface area (Å²) < 4.78 is 0. The van der Waals surface area contributed by atoms with E-state index in [-0.39, 0.29) is 0 Å². The summed E-state index contributed by atoms with van der Waals surface area (Å²) >= 11 is 2.04. The van der Waals surface area contributed by atoms with Crippen LogP contribution in [0.25, 0.3) is 0 Å². The summed E-state index contributed by atoms with van der Waals surface area (Å²) in [5.74, 6) is 0. The van der Waals surface area contributed by atoms with Gasteiger partial charge in [0.1, 0.15) is 0 Å². The maximum Gasteiger partial charge on any atom is 0.0539 e. The normalized spacial score (nSPS) is 15.7. The van der Waals surface area contributed by atoms with Crippen molar-refractivity contribution < 1.29 is 0 Å². The van der Waals surface area contributed by atoms with Gasteiger partial charge >= 0.3 is 0 Å². The standard InChI is InChI=1S/C16H21N3S/c1-12-13(11-18-19-12)10-17-14-6-8-16(9-7-14)20-15-4-2-3-5-15/h6-9,11,15,17H,2-5,10H2,1H3,(H,18,19). The molecule has 0 radical (unpaired) electrons. The third-order valence-corrected chi connectivity index (χ3v) is 5.23. The first-order valence-corrected chi connectivity index (χ1v) is 8.18. The molecule has 0 saturated heterocycles. The molecule has 1 heterocycles. The monoisotopic (exact) mass is 287 g/mol. The lowest BCUT2D eigenvalue weighted by Gasteiger charge is -2.10. The maximum absolute atomic E-state index is 4.04. The van der Waals surface area contributed by atoms with Gasteiger partial charge in [-0.2, -0.15) is 5.10 Å². The van der Waals surface area contributed by atoms with E-state index in [1.807, 2.05) is 24.9 Å². The minimum atomic E-state index is 0.817. The van der Waals surface area contributed by atoms with Crippen LogP contribution in [0.2, 0.25) is 0 Å². The van der Waals surface area contributed by atoms with Crippen LogP contribution >= 0.6 is 11.8 Å². The summed E-state index contributed by atoms with van der Waals surface area (Å²) in [5, 5.41) is 11.3. The van der Waals surface area contributed by atoms with Gasteiger partial charge in [0, 0.05) is 33.6 Å². The first-order valence-electron chi connectivity index (χ1n) is 7.31. The van der Waals surface area contributed by atoms with Crippen LogP contribution in [0.1, 0.15) is 36.9 Å². The molecule has 20 heavy (non-hydrogen) atoms. The molecule has 1 fully saturated rings. The summed E-state index contributed by atoms with van der Waals surface area (Å²) in [7, 11) is 0. The second kappa shape index (κ2) is 6.35. The van der Waals surface area contributed by atoms with Gasteiger partial charge in [-0.25, -0.2) is 0 Å². The van der Waals surface area contributed by atoms with Crippen molar-refractivity contribution in [2.45, 2.75) is 49.3 Å². The number of nitrogens with zero attached hydrogens (tertiary/aromatic N) is 1. The molecule has 106 valence electrons. The number of hydrogen-bond acceptors (Lipinski definition) is 3. The molecule has 3 nitrogen and oxygen atoms in total. The minimum absolute atomic E-state index is 0.817. The fraction of sp³-hybridized carbons (Fsp3) is 0.438. The molecule has 0 amide bonds. The number of benzene rings is 1. The number of aromatic amines is 1. The van der Waals surface area contributed by atoms with Gasteiger partial charge in [0.15, 0.2) is 0 Å². The van der Waals surface area contributed by atoms with Crippen LogP contribution in [-0.2, 0) is 6.54 Å². The lowest BCUT2D eigenvalue weighted by molar-refractivity contribution is 0.886. The van der Waals surface area contributed by atoms with Gasteiger partial charge in [-0.3, -0.25) is 5.10 Å². The van der Waals surface area contributed by atoms with Crippen molar-refractivity contribution in [2.24, 2.45) is 0 Å². The van der Waals surface area contributed by atoms with Crippen LogP contribution in [0.5, 0.6) is 0 Å². The molecule has 1 aliphatic rings. The van der Waals surface area contributed by atoms with Crippen molar-refractivity contribution in [1.82, 2.24) is 10.2 Å². The average molecular weight is 287 g/mol. The van der Waals surface area contributed by atoms with Gasteiger partial charge in [-0.05, 0) is 44.0 Å². The number of hydrogen-bond donors (Lipinski definition) is 2. The van der Waals surface area contributed by atoms with Crippen LogP contribution < -0.4 is 5.32 Å². The van der Waals surface area contributed by atoms with Crippen molar-refractivity contribution in [3.8, 4) is 0 Å². The Labute approximate surface area is 124 Å². The van der Waals surface area contributed by atoms with Crippen molar-refractivity contribution >= 4 is 17.4 Å². The molecule has 2 N–H and O–H groups in total. The van der Waals surface area contributed by atoms with E-state index in [4.69, 9.17) is 0 Å². The number of nitrogens with one attached hydrogen (secondary N) is 2. The highest BCUT2D eigenvalue weighted by atomic mass is 32.2. The van der Waals surface area contributed by atoms with E-state index >= 15 is 0 Å². The third-order valence-electron chi connectivity index (χ3n) is 3.88. The van der Waals surface area contributed by atoms with Gasteiger partial charge in [-0.1, -0.05) is 12.8 Å². The van der Waals surface area contributed by atoms with E-state index in [2.05, 4.69) is 39.8 Å². The van der Waals surface area contributed by atoms with Crippen molar-refractivity contribution in [1.29, 1.82) is 0 Å². The second-order valence-electron chi connectivity index (χ2n) is 5.42. The molecule has 0 aliphatic heterocycles. The number of aromatic nitrogens is 2. The second-order valence-corrected chi connectivity index (χ2v) is 6.80. The Kier molecular flexibility index (Phi) is 4.31. The van der Waals surface area contributed by atoms with Crippen LogP contribution in [0, 0.1) is 6.92 Å². The molecule has 3 rings (SSSR count). The summed E-state index contributed by atoms with van der Waals surface area (Å²) in [4.78, 5) is 1.39. The first kappa shape index (κ1) is 13.6. The molecule has 0 bridgehead atoms. The Hall–Kier alpha value is -1.42. The molecule has 1 aromatic heterocycles. The lowest BCUT2D eigenvalue weighted by atomic mass is 10.2. The van der Waals surface area contributed by atoms with Crippen LogP contribution in [0.15, 0.2) is 35.4 Å². The Morgan fingerprint density at radius 2 is 2.00 bits per heavy atom. The average Bonchev–Trinajstić information content (AvgIpc) is 3.10. The predicted octanol–water partition coefficient (Wildman–Crippen LogP) is 4.36. The van der Waals surface area contributed by atoms with Gasteiger partial charge < -0.3 is 5.32 Å². The maximum atomic E-state index is 4.04. The molecule has 1 aromatic carbocycles. The molecule has 2 aromatic rings. The van der Waals surface area contributed by atoms with Crippen molar-refractivity contribution in [3.05, 3.63) is 41.7 Å². The quantitative estimate of drug-likeness (QED) is 0.858. The largest absolute Gasteiger partial charge is 0.381 e. The van der Waals surface area contributed by atoms with Crippen LogP contribution in [-0.4, -0.2) is 15.4 Å². The highest BCUT2D eigenvalue weighted by molar-refractivity contribution is 8.00. The molecule has 1 aliphatic carbocycles. The lowest BCUT2D eigenvalue weighted by Crippen LogP contribution is -1.99. The Morgan fingerprint density at radius 3 is 2.65 bits per heavy atom. The fourth-order valence-corrected chi connectivity index (χ4v) is 3.85. The van der Waals surface area contributed by atoms with E-state index in [0.29, 0.717) is 0 Å². The molecule has 0 atom stereocenters. The zero-order valence-electron chi connectivity index (χ0n) is 11.9. The van der Waals surface area contributed by atoms with E-state index in [1.165, 1.54) is 41.8 Å². The molecule has 0 unspecified atom stereocenters. The van der Waals surface area contributed by atoms with Gasteiger partial charge in [-0.15, -0.1) is 11.8 Å². The Balaban J connectivity index is 1.54. The zero-order valence-corrected chi connectivity index (χ0v) is 12.7. The minimum Gasteiger partial charge on any atom is -0.381 e. The van der Waals surface area contributed by atoms with Gasteiger partial charge in [0.05, 0.1) is 6.20 Å². The molecule has 0 spiro atoms. The highest BCUT2D eigenvalue weighted by Gasteiger charge is 2.15. The van der Waals surface area contributed by atoms with Crippen LogP contribution in [0.4, 0.5) is 5.69 Å². The summed E-state index contributed by atoms with van der Waals surface area (Å²) in [6.07, 6.45) is 7.45. The number of H-pyrrole nitrogens is 1. The SMILES string of the molecule is Cc1[nH]ncc1CNc1ccc(SC2CCCC2)cc1. The molecule has 1 saturated carbocycles. The van der Waals surface area contributed by atoms with Crippen LogP contribution in [0.3, 0.4) is 0 Å². The van der Waals surface area contributed by atoms with Gasteiger partial charge in [0.25, 0.3) is 0 Å². The van der Waals surface area contributed by atoms with E-state index in [0.717, 1.165) is 17.5 Å².